The molecular formula is C17H16N4O3. The summed E-state index contributed by atoms with van der Waals surface area (Å²) in [6.07, 6.45) is 4.36. The average molecular weight is 324 g/mol. The zero-order valence-corrected chi connectivity index (χ0v) is 13.1. The van der Waals surface area contributed by atoms with Crippen molar-refractivity contribution >= 4 is 23.3 Å². The third-order valence-corrected chi connectivity index (χ3v) is 3.86. The van der Waals surface area contributed by atoms with Gasteiger partial charge in [0.1, 0.15) is 5.69 Å². The maximum absolute atomic E-state index is 12.2. The van der Waals surface area contributed by atoms with Crippen LogP contribution in [0.4, 0.5) is 5.69 Å². The molecule has 1 N–H and O–H groups in total. The lowest BCUT2D eigenvalue weighted by Gasteiger charge is -2.37. The topological polar surface area (TPSA) is 92.3 Å². The van der Waals surface area contributed by atoms with Gasteiger partial charge in [-0.25, -0.2) is 4.98 Å². The Hall–Kier alpha value is -3.09. The molecule has 0 atom stereocenters. The van der Waals surface area contributed by atoms with E-state index in [0.717, 1.165) is 0 Å². The van der Waals surface area contributed by atoms with Crippen molar-refractivity contribution in [2.75, 3.05) is 18.4 Å². The molecule has 0 unspecified atom stereocenters. The van der Waals surface area contributed by atoms with Crippen molar-refractivity contribution < 1.29 is 14.4 Å². The van der Waals surface area contributed by atoms with E-state index in [1.165, 1.54) is 25.5 Å². The molecule has 1 aromatic heterocycles. The molecule has 2 heterocycles. The molecule has 1 fully saturated rings. The Kier molecular flexibility index (Phi) is 4.33. The number of carbonyl (C=O) groups is 3. The number of nitrogens with one attached hydrogen (secondary N) is 1. The van der Waals surface area contributed by atoms with Crippen molar-refractivity contribution in [1.29, 1.82) is 0 Å². The number of Topliss-reactive ketones (excluding diaryl/α,β-unsaturated/α-hetero) is 1. The van der Waals surface area contributed by atoms with Crippen LogP contribution in [0.15, 0.2) is 42.9 Å². The van der Waals surface area contributed by atoms with E-state index in [1.807, 2.05) is 0 Å². The standard InChI is InChI=1S/C17H16N4O3/c1-11(22)12-3-2-4-14(7-12)20-16(23)13-9-21(10-13)17(24)15-8-18-5-6-19-15/h2-8,13H,9-10H2,1H3,(H,20,23). The zero-order valence-electron chi connectivity index (χ0n) is 13.1. The summed E-state index contributed by atoms with van der Waals surface area (Å²) in [5.74, 6) is -0.730. The Morgan fingerprint density at radius 3 is 2.67 bits per heavy atom. The first-order chi connectivity index (χ1) is 11.5. The van der Waals surface area contributed by atoms with Gasteiger partial charge in [0, 0.05) is 36.7 Å². The number of hydrogen-bond acceptors (Lipinski definition) is 5. The van der Waals surface area contributed by atoms with Gasteiger partial charge in [-0.2, -0.15) is 0 Å². The molecule has 2 amide bonds. The van der Waals surface area contributed by atoms with Crippen LogP contribution in [-0.2, 0) is 4.79 Å². The number of carbonyl (C=O) groups excluding carboxylic acids is 3. The number of benzene rings is 1. The van der Waals surface area contributed by atoms with Gasteiger partial charge < -0.3 is 10.2 Å². The summed E-state index contributed by atoms with van der Waals surface area (Å²) in [5, 5.41) is 2.78. The van der Waals surface area contributed by atoms with Gasteiger partial charge in [0.05, 0.1) is 12.1 Å². The van der Waals surface area contributed by atoms with Crippen LogP contribution in [-0.4, -0.2) is 45.6 Å². The van der Waals surface area contributed by atoms with Gasteiger partial charge in [-0.1, -0.05) is 12.1 Å². The molecule has 122 valence electrons. The molecule has 2 aromatic rings. The summed E-state index contributed by atoms with van der Waals surface area (Å²) in [6.45, 7) is 2.16. The average Bonchev–Trinajstić information content (AvgIpc) is 2.54. The first-order valence-corrected chi connectivity index (χ1v) is 7.52. The molecule has 7 nitrogen and oxygen atoms in total. The second kappa shape index (κ2) is 6.57. The Morgan fingerprint density at radius 2 is 2.00 bits per heavy atom. The highest BCUT2D eigenvalue weighted by Crippen LogP contribution is 2.20. The lowest BCUT2D eigenvalue weighted by atomic mass is 9.98. The number of nitrogens with zero attached hydrogens (tertiary/aromatic N) is 3. The van der Waals surface area contributed by atoms with Gasteiger partial charge in [-0.3, -0.25) is 19.4 Å². The minimum atomic E-state index is -0.272. The maximum Gasteiger partial charge on any atom is 0.274 e. The smallest absolute Gasteiger partial charge is 0.274 e. The number of aromatic nitrogens is 2. The van der Waals surface area contributed by atoms with E-state index in [2.05, 4.69) is 15.3 Å². The predicted octanol–water partition coefficient (Wildman–Crippen LogP) is 1.39. The fourth-order valence-corrected chi connectivity index (χ4v) is 2.44. The van der Waals surface area contributed by atoms with Crippen LogP contribution in [0.5, 0.6) is 0 Å². The van der Waals surface area contributed by atoms with Gasteiger partial charge in [-0.15, -0.1) is 0 Å². The van der Waals surface area contributed by atoms with Gasteiger partial charge in [0.25, 0.3) is 5.91 Å². The van der Waals surface area contributed by atoms with Crippen molar-refractivity contribution in [3.05, 3.63) is 54.1 Å². The third-order valence-electron chi connectivity index (χ3n) is 3.86. The molecule has 3 rings (SSSR count). The molecule has 1 aromatic carbocycles. The van der Waals surface area contributed by atoms with E-state index in [9.17, 15) is 14.4 Å². The van der Waals surface area contributed by atoms with Gasteiger partial charge in [0.15, 0.2) is 5.78 Å². The Morgan fingerprint density at radius 1 is 1.21 bits per heavy atom. The summed E-state index contributed by atoms with van der Waals surface area (Å²) in [4.78, 5) is 45.1. The third kappa shape index (κ3) is 3.29. The van der Waals surface area contributed by atoms with Crippen LogP contribution >= 0.6 is 0 Å². The van der Waals surface area contributed by atoms with Crippen LogP contribution < -0.4 is 5.32 Å². The number of hydrogen-bond donors (Lipinski definition) is 1. The molecule has 0 aliphatic carbocycles. The molecular weight excluding hydrogens is 308 g/mol. The molecule has 0 bridgehead atoms. The second-order valence-electron chi connectivity index (χ2n) is 5.62. The van der Waals surface area contributed by atoms with Crippen molar-refractivity contribution in [2.45, 2.75) is 6.92 Å². The van der Waals surface area contributed by atoms with Crippen LogP contribution in [0.3, 0.4) is 0 Å². The van der Waals surface area contributed by atoms with Crippen LogP contribution in [0.2, 0.25) is 0 Å². The first kappa shape index (κ1) is 15.8. The molecule has 7 heteroatoms. The van der Waals surface area contributed by atoms with Crippen LogP contribution in [0.1, 0.15) is 27.8 Å². The van der Waals surface area contributed by atoms with Crippen molar-refractivity contribution in [1.82, 2.24) is 14.9 Å². The molecule has 0 spiro atoms. The van der Waals surface area contributed by atoms with Gasteiger partial charge in [-0.05, 0) is 19.1 Å². The van der Waals surface area contributed by atoms with Crippen molar-refractivity contribution in [3.8, 4) is 0 Å². The van der Waals surface area contributed by atoms with E-state index in [-0.39, 0.29) is 29.2 Å². The molecule has 1 saturated heterocycles. The molecule has 1 aliphatic heterocycles. The summed E-state index contributed by atoms with van der Waals surface area (Å²) in [5.41, 5.74) is 1.39. The predicted molar refractivity (Wildman–Crippen MR) is 86.5 cm³/mol. The second-order valence-corrected chi connectivity index (χ2v) is 5.62. The quantitative estimate of drug-likeness (QED) is 0.858. The van der Waals surface area contributed by atoms with Crippen LogP contribution in [0, 0.1) is 5.92 Å². The fourth-order valence-electron chi connectivity index (χ4n) is 2.44. The summed E-state index contributed by atoms with van der Waals surface area (Å²) >= 11 is 0. The normalized spacial score (nSPS) is 14.0. The zero-order chi connectivity index (χ0) is 17.1. The van der Waals surface area contributed by atoms with Crippen molar-refractivity contribution in [3.63, 3.8) is 0 Å². The number of anilines is 1. The van der Waals surface area contributed by atoms with Crippen LogP contribution in [0.25, 0.3) is 0 Å². The Balaban J connectivity index is 1.56. The lowest BCUT2D eigenvalue weighted by molar-refractivity contribution is -0.123. The van der Waals surface area contributed by atoms with Gasteiger partial charge >= 0.3 is 0 Å². The Bertz CT molecular complexity index is 785. The fraction of sp³-hybridized carbons (Fsp3) is 0.235. The monoisotopic (exact) mass is 324 g/mol. The number of rotatable bonds is 4. The van der Waals surface area contributed by atoms with E-state index < -0.39 is 0 Å². The SMILES string of the molecule is CC(=O)c1cccc(NC(=O)C2CN(C(=O)c3cnccn3)C2)c1. The highest BCUT2D eigenvalue weighted by Gasteiger charge is 2.36. The van der Waals surface area contributed by atoms with E-state index in [0.29, 0.717) is 24.3 Å². The number of ketones is 1. The minimum Gasteiger partial charge on any atom is -0.336 e. The molecule has 24 heavy (non-hydrogen) atoms. The molecule has 0 saturated carbocycles. The highest BCUT2D eigenvalue weighted by atomic mass is 16.2. The molecule has 1 aliphatic rings. The number of likely N-dealkylation sites (tertiary alicyclic amines) is 1. The number of amides is 2. The van der Waals surface area contributed by atoms with E-state index in [4.69, 9.17) is 0 Å². The lowest BCUT2D eigenvalue weighted by Crippen LogP contribution is -2.54. The first-order valence-electron chi connectivity index (χ1n) is 7.52. The minimum absolute atomic E-state index is 0.0597. The highest BCUT2D eigenvalue weighted by molar-refractivity contribution is 5.99. The van der Waals surface area contributed by atoms with E-state index >= 15 is 0 Å². The maximum atomic E-state index is 12.2. The van der Waals surface area contributed by atoms with Crippen molar-refractivity contribution in [2.24, 2.45) is 5.92 Å². The van der Waals surface area contributed by atoms with Gasteiger partial charge in [0.2, 0.25) is 5.91 Å². The largest absolute Gasteiger partial charge is 0.336 e. The van der Waals surface area contributed by atoms with E-state index in [1.54, 1.807) is 29.2 Å². The summed E-state index contributed by atoms with van der Waals surface area (Å²) < 4.78 is 0. The summed E-state index contributed by atoms with van der Waals surface area (Å²) in [6, 6.07) is 6.78. The Labute approximate surface area is 138 Å². The molecule has 0 radical (unpaired) electrons. The summed E-state index contributed by atoms with van der Waals surface area (Å²) in [7, 11) is 0.